The summed E-state index contributed by atoms with van der Waals surface area (Å²) in [6.07, 6.45) is 0. The highest BCUT2D eigenvalue weighted by atomic mass is 16.6. The topological polar surface area (TPSA) is 31.4 Å². The third-order valence-electron chi connectivity index (χ3n) is 14.2. The molecular weight excluding hydrogens is 803 g/mol. The second kappa shape index (κ2) is 14.6. The van der Waals surface area contributed by atoms with E-state index in [2.05, 4.69) is 232 Å². The summed E-state index contributed by atoms with van der Waals surface area (Å²) in [5.41, 5.74) is 20.0. The molecule has 0 radical (unpaired) electrons. The van der Waals surface area contributed by atoms with E-state index in [1.54, 1.807) is 0 Å². The molecule has 13 rings (SSSR count). The van der Waals surface area contributed by atoms with Crippen molar-refractivity contribution in [3.8, 4) is 90.0 Å². The van der Waals surface area contributed by atoms with Crippen LogP contribution in [0.4, 0.5) is 0 Å². The molecule has 312 valence electrons. The van der Waals surface area contributed by atoms with Crippen molar-refractivity contribution < 1.29 is 9.47 Å². The van der Waals surface area contributed by atoms with Gasteiger partial charge < -0.3 is 9.47 Å². The van der Waals surface area contributed by atoms with E-state index in [1.807, 2.05) is 6.07 Å². The Balaban J connectivity index is 0.932. The van der Waals surface area contributed by atoms with Gasteiger partial charge in [-0.15, -0.1) is 0 Å². The van der Waals surface area contributed by atoms with E-state index in [0.717, 1.165) is 56.1 Å². The fourth-order valence-electron chi connectivity index (χ4n) is 11.2. The minimum Gasteiger partial charge on any atom is -0.449 e. The van der Waals surface area contributed by atoms with Crippen molar-refractivity contribution in [1.82, 2.24) is 4.98 Å². The van der Waals surface area contributed by atoms with E-state index in [4.69, 9.17) is 14.5 Å². The van der Waals surface area contributed by atoms with Gasteiger partial charge in [-0.1, -0.05) is 202 Å². The lowest BCUT2D eigenvalue weighted by atomic mass is 9.68. The molecule has 0 saturated carbocycles. The molecule has 0 bridgehead atoms. The third kappa shape index (κ3) is 5.66. The first-order valence-corrected chi connectivity index (χ1v) is 22.8. The second-order valence-electron chi connectivity index (χ2n) is 18.2. The summed E-state index contributed by atoms with van der Waals surface area (Å²) >= 11 is 0. The average molecular weight is 846 g/mol. The first kappa shape index (κ1) is 38.2. The lowest BCUT2D eigenvalue weighted by Gasteiger charge is -2.34. The molecule has 0 N–H and O–H groups in total. The first-order chi connectivity index (χ1) is 32.5. The van der Waals surface area contributed by atoms with Gasteiger partial charge in [0.2, 0.25) is 0 Å². The highest BCUT2D eigenvalue weighted by Gasteiger charge is 2.48. The van der Waals surface area contributed by atoms with E-state index in [1.165, 1.54) is 50.1 Å². The molecule has 2 aliphatic carbocycles. The van der Waals surface area contributed by atoms with Gasteiger partial charge in [0.05, 0.1) is 16.8 Å². The summed E-state index contributed by atoms with van der Waals surface area (Å²) in [6.45, 7) is 4.68. The van der Waals surface area contributed by atoms with Crippen LogP contribution in [0.3, 0.4) is 0 Å². The van der Waals surface area contributed by atoms with Crippen molar-refractivity contribution in [2.45, 2.75) is 24.7 Å². The maximum atomic E-state index is 7.14. The Hall–Kier alpha value is -8.27. The zero-order valence-corrected chi connectivity index (χ0v) is 36.6. The van der Waals surface area contributed by atoms with Gasteiger partial charge in [-0.05, 0) is 109 Å². The summed E-state index contributed by atoms with van der Waals surface area (Å²) in [6, 6.07) is 80.4. The molecule has 1 aliphatic heterocycles. The van der Waals surface area contributed by atoms with E-state index in [-0.39, 0.29) is 5.41 Å². The Morgan fingerprint density at radius 2 is 0.909 bits per heavy atom. The number of benzene rings is 9. The molecule has 0 atom stereocenters. The number of hydrogen-bond acceptors (Lipinski definition) is 3. The van der Waals surface area contributed by atoms with E-state index < -0.39 is 5.41 Å². The Morgan fingerprint density at radius 1 is 0.333 bits per heavy atom. The van der Waals surface area contributed by atoms with Gasteiger partial charge in [-0.3, -0.25) is 0 Å². The molecule has 3 aliphatic rings. The van der Waals surface area contributed by atoms with Crippen LogP contribution < -0.4 is 9.47 Å². The van der Waals surface area contributed by atoms with Gasteiger partial charge in [0.25, 0.3) is 0 Å². The van der Waals surface area contributed by atoms with E-state index >= 15 is 0 Å². The summed E-state index contributed by atoms with van der Waals surface area (Å²) in [4.78, 5) is 5.40. The predicted octanol–water partition coefficient (Wildman–Crippen LogP) is 16.3. The van der Waals surface area contributed by atoms with Crippen molar-refractivity contribution in [2.24, 2.45) is 0 Å². The summed E-state index contributed by atoms with van der Waals surface area (Å²) in [5.74, 6) is 2.79. The van der Waals surface area contributed by atoms with Crippen molar-refractivity contribution >= 4 is 0 Å². The maximum Gasteiger partial charge on any atom is 0.178 e. The van der Waals surface area contributed by atoms with Crippen molar-refractivity contribution in [3.63, 3.8) is 0 Å². The van der Waals surface area contributed by atoms with Gasteiger partial charge in [-0.2, -0.15) is 0 Å². The van der Waals surface area contributed by atoms with Crippen LogP contribution in [-0.2, 0) is 10.8 Å². The molecule has 0 amide bonds. The third-order valence-corrected chi connectivity index (χ3v) is 14.2. The molecule has 10 aromatic rings. The lowest BCUT2D eigenvalue weighted by molar-refractivity contribution is 0.360. The normalized spacial score (nSPS) is 14.1. The Labute approximate surface area is 385 Å². The molecule has 9 aromatic carbocycles. The van der Waals surface area contributed by atoms with Gasteiger partial charge in [0.15, 0.2) is 23.0 Å². The number of ether oxygens (including phenoxy) is 2. The molecule has 0 fully saturated rings. The van der Waals surface area contributed by atoms with Crippen LogP contribution in [-0.4, -0.2) is 4.98 Å². The summed E-state index contributed by atoms with van der Waals surface area (Å²) < 4.78 is 13.9. The number of fused-ring (bicyclic) bond motifs is 9. The Morgan fingerprint density at radius 3 is 1.65 bits per heavy atom. The highest BCUT2D eigenvalue weighted by Crippen LogP contribution is 2.62. The van der Waals surface area contributed by atoms with Crippen LogP contribution in [0, 0.1) is 0 Å². The number of aromatic nitrogens is 1. The van der Waals surface area contributed by atoms with Crippen molar-refractivity contribution in [3.05, 3.63) is 258 Å². The largest absolute Gasteiger partial charge is 0.449 e. The highest BCUT2D eigenvalue weighted by molar-refractivity contribution is 5.93. The van der Waals surface area contributed by atoms with Crippen LogP contribution in [0.15, 0.2) is 224 Å². The SMILES string of the molecule is CC1(C)c2ccccc2-c2ccc(-c3cc(-c4ccccc4)nc(-c4ccccc4-c4ccc5c(c4)Oc4c(ccc6c4-c4ccccc4C6(c4ccccc4)c4ccccc4)O5)c3)cc21. The van der Waals surface area contributed by atoms with Crippen LogP contribution in [0.2, 0.25) is 0 Å². The predicted molar refractivity (Wildman–Crippen MR) is 267 cm³/mol. The molecule has 2 heterocycles. The zero-order chi connectivity index (χ0) is 44.0. The number of rotatable bonds is 6. The standard InChI is InChI=1S/C63H43NO2/c1-62(2)51-28-16-14-25-47(51)48-32-30-41(36-54(48)62)43-37-55(40-18-6-3-7-19-40)64-56(38-43)49-26-13-12-24-46(49)42-31-34-57-59(39-42)66-61-58(65-57)35-33-53-60(61)50-27-15-17-29-52(50)63(53,44-20-8-4-9-21-44)45-22-10-5-11-23-45/h3-39H,1-2H3. The molecule has 0 unspecified atom stereocenters. The minimum atomic E-state index is -0.547. The molecule has 3 heteroatoms. The van der Waals surface area contributed by atoms with Gasteiger partial charge in [0.1, 0.15) is 0 Å². The number of hydrogen-bond donors (Lipinski definition) is 0. The molecule has 1 aromatic heterocycles. The molecule has 3 nitrogen and oxygen atoms in total. The second-order valence-corrected chi connectivity index (χ2v) is 18.2. The zero-order valence-electron chi connectivity index (χ0n) is 36.6. The van der Waals surface area contributed by atoms with Crippen LogP contribution in [0.5, 0.6) is 23.0 Å². The minimum absolute atomic E-state index is 0.109. The fraction of sp³-hybridized carbons (Fsp3) is 0.0635. The monoisotopic (exact) mass is 845 g/mol. The Kier molecular flexibility index (Phi) is 8.47. The van der Waals surface area contributed by atoms with Gasteiger partial charge >= 0.3 is 0 Å². The number of nitrogens with zero attached hydrogens (tertiary/aromatic N) is 1. The summed E-state index contributed by atoms with van der Waals surface area (Å²) in [5, 5.41) is 0. The van der Waals surface area contributed by atoms with Crippen LogP contribution in [0.1, 0.15) is 47.2 Å². The lowest BCUT2D eigenvalue weighted by Crippen LogP contribution is -2.28. The van der Waals surface area contributed by atoms with Crippen molar-refractivity contribution in [2.75, 3.05) is 0 Å². The van der Waals surface area contributed by atoms with E-state index in [9.17, 15) is 0 Å². The number of pyridine rings is 1. The van der Waals surface area contributed by atoms with E-state index in [0.29, 0.717) is 17.2 Å². The van der Waals surface area contributed by atoms with Crippen LogP contribution in [0.25, 0.3) is 67.0 Å². The molecule has 0 spiro atoms. The molecule has 66 heavy (non-hydrogen) atoms. The van der Waals surface area contributed by atoms with Crippen molar-refractivity contribution in [1.29, 1.82) is 0 Å². The quantitative estimate of drug-likeness (QED) is 0.167. The van der Waals surface area contributed by atoms with Gasteiger partial charge in [-0.25, -0.2) is 4.98 Å². The van der Waals surface area contributed by atoms with Crippen LogP contribution >= 0.6 is 0 Å². The smallest absolute Gasteiger partial charge is 0.178 e. The first-order valence-electron chi connectivity index (χ1n) is 22.8. The fourth-order valence-corrected chi connectivity index (χ4v) is 11.2. The Bertz CT molecular complexity index is 3520. The average Bonchev–Trinajstić information content (AvgIpc) is 3.82. The van der Waals surface area contributed by atoms with Gasteiger partial charge in [0, 0.05) is 22.1 Å². The maximum absolute atomic E-state index is 7.14. The molecular formula is C63H43NO2. The molecule has 0 saturated heterocycles. The summed E-state index contributed by atoms with van der Waals surface area (Å²) in [7, 11) is 0.